The van der Waals surface area contributed by atoms with E-state index < -0.39 is 12.0 Å². The average Bonchev–Trinajstić information content (AvgIpc) is 3.33. The van der Waals surface area contributed by atoms with Crippen molar-refractivity contribution in [3.8, 4) is 5.75 Å². The molecule has 10 nitrogen and oxygen atoms in total. The molecular weight excluding hydrogens is 417 g/mol. The Morgan fingerprint density at radius 1 is 1.53 bits per heavy atom. The van der Waals surface area contributed by atoms with Gasteiger partial charge in [-0.2, -0.15) is 0 Å². The van der Waals surface area contributed by atoms with Crippen molar-refractivity contribution in [3.63, 3.8) is 0 Å². The van der Waals surface area contributed by atoms with Gasteiger partial charge in [-0.25, -0.2) is 18.7 Å². The van der Waals surface area contributed by atoms with E-state index in [9.17, 15) is 9.18 Å². The van der Waals surface area contributed by atoms with Crippen LogP contribution in [0.2, 0.25) is 0 Å². The lowest BCUT2D eigenvalue weighted by Crippen LogP contribution is -2.15. The summed E-state index contributed by atoms with van der Waals surface area (Å²) in [5.41, 5.74) is 10.4. The molecule has 1 aromatic carbocycles. The molecule has 0 spiro atoms. The second-order valence-electron chi connectivity index (χ2n) is 7.37. The number of azide groups is 1. The van der Waals surface area contributed by atoms with Gasteiger partial charge in [-0.1, -0.05) is 5.11 Å². The largest absolute Gasteiger partial charge is 0.489 e. The number of esters is 1. The summed E-state index contributed by atoms with van der Waals surface area (Å²) >= 11 is 0. The highest BCUT2D eigenvalue weighted by Gasteiger charge is 2.29. The normalized spacial score (nSPS) is 15.5. The quantitative estimate of drug-likeness (QED) is 0.242. The van der Waals surface area contributed by atoms with Crippen molar-refractivity contribution in [1.82, 2.24) is 14.6 Å². The topological polar surface area (TPSA) is 127 Å². The number of hydrogen-bond acceptors (Lipinski definition) is 7. The van der Waals surface area contributed by atoms with Gasteiger partial charge in [0.25, 0.3) is 0 Å². The second-order valence-corrected chi connectivity index (χ2v) is 7.37. The summed E-state index contributed by atoms with van der Waals surface area (Å²) in [6.45, 7) is 4.06. The van der Waals surface area contributed by atoms with Crippen LogP contribution in [0, 0.1) is 5.82 Å². The summed E-state index contributed by atoms with van der Waals surface area (Å²) in [6.07, 6.45) is 4.11. The minimum atomic E-state index is -0.547. The molecule has 1 aliphatic rings. The smallest absolute Gasteiger partial charge is 0.345 e. The summed E-state index contributed by atoms with van der Waals surface area (Å²) in [5.74, 6) is -0.0498. The first-order valence-corrected chi connectivity index (χ1v) is 10.3. The molecular formula is C21H22FN7O3. The number of ether oxygens (including phenoxy) is 2. The van der Waals surface area contributed by atoms with Gasteiger partial charge in [-0.05, 0) is 44.0 Å². The van der Waals surface area contributed by atoms with Crippen molar-refractivity contribution in [3.05, 3.63) is 63.5 Å². The zero-order chi connectivity index (χ0) is 22.7. The highest BCUT2D eigenvalue weighted by molar-refractivity contribution is 6.01. The van der Waals surface area contributed by atoms with Crippen LogP contribution in [0.25, 0.3) is 16.1 Å². The number of carbonyl (C=O) groups excluding carboxylic acids is 1. The Balaban J connectivity index is 1.64. The third-order valence-electron chi connectivity index (χ3n) is 5.20. The third kappa shape index (κ3) is 4.15. The number of benzene rings is 1. The van der Waals surface area contributed by atoms with Crippen LogP contribution in [0.3, 0.4) is 0 Å². The van der Waals surface area contributed by atoms with Crippen molar-refractivity contribution in [2.24, 2.45) is 5.11 Å². The molecule has 2 aromatic heterocycles. The first-order chi connectivity index (χ1) is 15.5. The van der Waals surface area contributed by atoms with Gasteiger partial charge in [0.15, 0.2) is 11.5 Å². The molecule has 0 unspecified atom stereocenters. The number of halogens is 1. The SMILES string of the molecule is CCOC(=O)c1c(N[C@H](C)c2cc(F)cc3c2O[C@@H](CCN=[N+]=[N-])C3)nn2cccnc12. The molecule has 0 aliphatic carbocycles. The number of carbonyl (C=O) groups is 1. The Morgan fingerprint density at radius 3 is 3.16 bits per heavy atom. The van der Waals surface area contributed by atoms with E-state index in [1.165, 1.54) is 16.6 Å². The van der Waals surface area contributed by atoms with Gasteiger partial charge in [0, 0.05) is 41.4 Å². The number of fused-ring (bicyclic) bond motifs is 2. The molecule has 4 rings (SSSR count). The molecule has 1 N–H and O–H groups in total. The van der Waals surface area contributed by atoms with E-state index in [0.717, 1.165) is 5.56 Å². The summed E-state index contributed by atoms with van der Waals surface area (Å²) in [6, 6.07) is 4.13. The molecule has 166 valence electrons. The Labute approximate surface area is 183 Å². The molecule has 3 heterocycles. The number of anilines is 1. The van der Waals surface area contributed by atoms with Crippen molar-refractivity contribution < 1.29 is 18.7 Å². The monoisotopic (exact) mass is 439 g/mol. The first kappa shape index (κ1) is 21.4. The van der Waals surface area contributed by atoms with Crippen LogP contribution in [0.1, 0.15) is 47.8 Å². The molecule has 11 heteroatoms. The summed E-state index contributed by atoms with van der Waals surface area (Å²) in [5, 5.41) is 11.2. The van der Waals surface area contributed by atoms with Gasteiger partial charge in [-0.3, -0.25) is 0 Å². The lowest BCUT2D eigenvalue weighted by Gasteiger charge is -2.18. The van der Waals surface area contributed by atoms with E-state index in [-0.39, 0.29) is 29.9 Å². The van der Waals surface area contributed by atoms with Crippen LogP contribution in [0.4, 0.5) is 10.2 Å². The molecule has 1 aliphatic heterocycles. The Morgan fingerprint density at radius 2 is 2.38 bits per heavy atom. The molecule has 0 radical (unpaired) electrons. The molecule has 32 heavy (non-hydrogen) atoms. The van der Waals surface area contributed by atoms with Crippen LogP contribution in [-0.2, 0) is 11.2 Å². The summed E-state index contributed by atoms with van der Waals surface area (Å²) < 4.78 is 27.1. The van der Waals surface area contributed by atoms with Gasteiger partial charge in [0.2, 0.25) is 0 Å². The third-order valence-corrected chi connectivity index (χ3v) is 5.20. The highest BCUT2D eigenvalue weighted by atomic mass is 19.1. The van der Waals surface area contributed by atoms with Crippen LogP contribution < -0.4 is 10.1 Å². The number of nitrogens with zero attached hydrogens (tertiary/aromatic N) is 6. The fourth-order valence-electron chi connectivity index (χ4n) is 3.81. The lowest BCUT2D eigenvalue weighted by molar-refractivity contribution is 0.0529. The fraction of sp³-hybridized carbons (Fsp3) is 0.381. The van der Waals surface area contributed by atoms with Crippen LogP contribution >= 0.6 is 0 Å². The van der Waals surface area contributed by atoms with Crippen molar-refractivity contribution in [2.45, 2.75) is 38.8 Å². The molecule has 0 saturated heterocycles. The average molecular weight is 439 g/mol. The van der Waals surface area contributed by atoms with Crippen molar-refractivity contribution >= 4 is 17.4 Å². The van der Waals surface area contributed by atoms with E-state index in [2.05, 4.69) is 25.4 Å². The summed E-state index contributed by atoms with van der Waals surface area (Å²) in [7, 11) is 0. The minimum Gasteiger partial charge on any atom is -0.489 e. The molecule has 0 saturated carbocycles. The maximum absolute atomic E-state index is 14.4. The molecule has 0 fully saturated rings. The van der Waals surface area contributed by atoms with E-state index in [1.807, 2.05) is 6.92 Å². The van der Waals surface area contributed by atoms with Gasteiger partial charge < -0.3 is 14.8 Å². The predicted molar refractivity (Wildman–Crippen MR) is 114 cm³/mol. The highest BCUT2D eigenvalue weighted by Crippen LogP contribution is 2.39. The zero-order valence-corrected chi connectivity index (χ0v) is 17.7. The number of aromatic nitrogens is 3. The van der Waals surface area contributed by atoms with Crippen molar-refractivity contribution in [1.29, 1.82) is 0 Å². The maximum atomic E-state index is 14.4. The summed E-state index contributed by atoms with van der Waals surface area (Å²) in [4.78, 5) is 19.6. The fourth-order valence-corrected chi connectivity index (χ4v) is 3.81. The molecule has 3 aromatic rings. The van der Waals surface area contributed by atoms with E-state index >= 15 is 0 Å². The minimum absolute atomic E-state index is 0.197. The second kappa shape index (κ2) is 9.11. The van der Waals surface area contributed by atoms with Crippen molar-refractivity contribution in [2.75, 3.05) is 18.5 Å². The van der Waals surface area contributed by atoms with E-state index in [4.69, 9.17) is 15.0 Å². The number of rotatable bonds is 8. The molecule has 0 bridgehead atoms. The Kier molecular flexibility index (Phi) is 6.09. The first-order valence-electron chi connectivity index (χ1n) is 10.3. The predicted octanol–water partition coefficient (Wildman–Crippen LogP) is 4.22. The number of nitrogens with one attached hydrogen (secondary N) is 1. The van der Waals surface area contributed by atoms with Gasteiger partial charge in [-0.15, -0.1) is 5.10 Å². The number of hydrogen-bond donors (Lipinski definition) is 1. The standard InChI is InChI=1S/C21H22FN7O3/c1-3-31-21(30)17-19(27-29-8-4-6-24-20(17)29)26-12(2)16-11-14(22)9-13-10-15(32-18(13)16)5-7-25-28-23/h4,6,8-9,11-12,15H,3,5,7,10H2,1-2H3,(H,26,27)/t12-,15+/m1/s1. The Hall–Kier alpha value is -3.85. The molecule has 2 atom stereocenters. The van der Waals surface area contributed by atoms with Crippen LogP contribution in [0.15, 0.2) is 35.7 Å². The molecule has 0 amide bonds. The lowest BCUT2D eigenvalue weighted by atomic mass is 10.0. The van der Waals surface area contributed by atoms with Gasteiger partial charge in [0.1, 0.15) is 23.2 Å². The van der Waals surface area contributed by atoms with E-state index in [0.29, 0.717) is 36.3 Å². The Bertz CT molecular complexity index is 1210. The zero-order valence-electron chi connectivity index (χ0n) is 17.7. The van der Waals surface area contributed by atoms with Crippen LogP contribution in [-0.4, -0.2) is 39.8 Å². The van der Waals surface area contributed by atoms with Gasteiger partial charge >= 0.3 is 5.97 Å². The van der Waals surface area contributed by atoms with Crippen LogP contribution in [0.5, 0.6) is 5.75 Å². The van der Waals surface area contributed by atoms with Gasteiger partial charge in [0.05, 0.1) is 12.6 Å². The van der Waals surface area contributed by atoms with E-state index in [1.54, 1.807) is 25.4 Å². The maximum Gasteiger partial charge on any atom is 0.345 e.